The summed E-state index contributed by atoms with van der Waals surface area (Å²) in [5, 5.41) is 14.5. The van der Waals surface area contributed by atoms with Crippen molar-refractivity contribution in [1.29, 1.82) is 0 Å². The average Bonchev–Trinajstić information content (AvgIpc) is 4.26. The highest BCUT2D eigenvalue weighted by Gasteiger charge is 2.42. The van der Waals surface area contributed by atoms with Gasteiger partial charge < -0.3 is 50.0 Å². The van der Waals surface area contributed by atoms with Crippen molar-refractivity contribution < 1.29 is 46.6 Å². The van der Waals surface area contributed by atoms with Crippen LogP contribution in [0, 0.1) is 35.1 Å². The monoisotopic (exact) mass is 1050 g/mol. The summed E-state index contributed by atoms with van der Waals surface area (Å²) in [6.07, 6.45) is 2.25. The van der Waals surface area contributed by atoms with Crippen LogP contribution in [0.2, 0.25) is 0 Å². The molecule has 0 spiro atoms. The topological polar surface area (TPSA) is 192 Å². The Hall–Kier alpha value is -7.38. The Labute approximate surface area is 437 Å². The maximum atomic E-state index is 16.9. The predicted molar refractivity (Wildman–Crippen MR) is 278 cm³/mol. The Morgan fingerprint density at radius 3 is 1.58 bits per heavy atom. The number of aromatic amines is 2. The number of imidazole rings is 2. The summed E-state index contributed by atoms with van der Waals surface area (Å²) in [4.78, 5) is 74.5. The smallest absolute Gasteiger partial charge is 0.407 e. The Balaban J connectivity index is 0.997. The molecule has 6 aromatic rings. The molecule has 16 nitrogen and oxygen atoms in total. The summed E-state index contributed by atoms with van der Waals surface area (Å²) < 4.78 is 72.3. The number of carboxylic acid groups (broad SMARTS) is 1. The van der Waals surface area contributed by atoms with E-state index in [1.807, 2.05) is 32.0 Å². The molecule has 20 heteroatoms. The minimum atomic E-state index is -1.31. The molecule has 0 bridgehead atoms. The summed E-state index contributed by atoms with van der Waals surface area (Å²) in [7, 11) is 1.23. The molecule has 0 aliphatic carbocycles. The highest BCUT2D eigenvalue weighted by Crippen LogP contribution is 2.50. The molecule has 2 aromatic heterocycles. The van der Waals surface area contributed by atoms with Gasteiger partial charge in [0, 0.05) is 43.0 Å². The maximum Gasteiger partial charge on any atom is 0.407 e. The summed E-state index contributed by atoms with van der Waals surface area (Å²) >= 11 is 0. The van der Waals surface area contributed by atoms with Crippen molar-refractivity contribution in [3.63, 3.8) is 0 Å². The zero-order chi connectivity index (χ0) is 53.7. The first-order valence-corrected chi connectivity index (χ1v) is 26.4. The van der Waals surface area contributed by atoms with Gasteiger partial charge in [-0.3, -0.25) is 9.59 Å². The van der Waals surface area contributed by atoms with Crippen LogP contribution in [-0.4, -0.2) is 104 Å². The first kappa shape index (κ1) is 52.1. The molecule has 10 rings (SSSR count). The minimum absolute atomic E-state index is 0.0880. The van der Waals surface area contributed by atoms with Crippen LogP contribution >= 0.6 is 0 Å². The number of benzene rings is 4. The van der Waals surface area contributed by atoms with Crippen molar-refractivity contribution in [2.24, 2.45) is 11.8 Å². The molecule has 4 aromatic carbocycles. The predicted octanol–water partition coefficient (Wildman–Crippen LogP) is 10.5. The van der Waals surface area contributed by atoms with E-state index in [1.165, 1.54) is 36.9 Å². The second-order valence-corrected chi connectivity index (χ2v) is 21.4. The molecule has 6 atom stereocenters. The van der Waals surface area contributed by atoms with Gasteiger partial charge in [-0.25, -0.2) is 37.1 Å². The van der Waals surface area contributed by atoms with Crippen molar-refractivity contribution >= 4 is 57.4 Å². The third kappa shape index (κ3) is 9.97. The number of carbonyl (C=O) groups is 4. The lowest BCUT2D eigenvalue weighted by atomic mass is 9.89. The standard InChI is InChI=1S/C56H64F4N10O6/c1-29(2)48(65-55(73)74)53(71)68-19-9-13-46(68)51-61-40-25-34(36(57)27-42(40)63-51)44-15-16-45(70(44)33-23-38(59)50(39(60)24-33)67-21-17-32(18-22-67)31-11-7-6-8-12-31)35-26-41-43(28-37(35)58)64-52(62-41)47-14-10-20-69(47)54(72)49(30(3)4)66-56(75)76-5/h6-8,11-12,23-30,32,44-49,65H,9-10,13-22H2,1-5H3,(H,61,63)(H,62,64)(H,66,75)(H,73,74)/t44-,45-,46+,47+,48+,49+/m1/s1. The number of likely N-dealkylation sites (tertiary alicyclic amines) is 2. The summed E-state index contributed by atoms with van der Waals surface area (Å²) in [5.74, 6) is -3.06. The van der Waals surface area contributed by atoms with E-state index in [1.54, 1.807) is 45.6 Å². The molecule has 0 radical (unpaired) electrons. The molecule has 4 aliphatic heterocycles. The van der Waals surface area contributed by atoms with Gasteiger partial charge in [-0.1, -0.05) is 58.0 Å². The average molecular weight is 1050 g/mol. The zero-order valence-electron chi connectivity index (χ0n) is 43.2. The first-order chi connectivity index (χ1) is 36.5. The Morgan fingerprint density at radius 2 is 1.12 bits per heavy atom. The van der Waals surface area contributed by atoms with Crippen LogP contribution in [0.5, 0.6) is 0 Å². The molecule has 4 aliphatic rings. The van der Waals surface area contributed by atoms with Gasteiger partial charge in [-0.15, -0.1) is 0 Å². The lowest BCUT2D eigenvalue weighted by Crippen LogP contribution is -2.51. The fraction of sp³-hybridized carbons (Fsp3) is 0.464. The quantitative estimate of drug-likeness (QED) is 0.0696. The van der Waals surface area contributed by atoms with Crippen LogP contribution in [-0.2, 0) is 14.3 Å². The highest BCUT2D eigenvalue weighted by atomic mass is 19.1. The van der Waals surface area contributed by atoms with Crippen molar-refractivity contribution in [3.05, 3.63) is 118 Å². The number of methoxy groups -OCH3 is 1. The van der Waals surface area contributed by atoms with Gasteiger partial charge in [-0.05, 0) is 111 Å². The van der Waals surface area contributed by atoms with E-state index in [9.17, 15) is 24.3 Å². The number of nitrogens with zero attached hydrogens (tertiary/aromatic N) is 6. The van der Waals surface area contributed by atoms with E-state index in [4.69, 9.17) is 14.7 Å². The van der Waals surface area contributed by atoms with Gasteiger partial charge in [0.05, 0.1) is 53.3 Å². The number of nitrogens with one attached hydrogen (secondary N) is 4. The number of hydrogen-bond donors (Lipinski definition) is 5. The molecule has 4 fully saturated rings. The summed E-state index contributed by atoms with van der Waals surface area (Å²) in [5.41, 5.74) is 2.94. The maximum absolute atomic E-state index is 16.9. The normalized spacial score (nSPS) is 21.1. The third-order valence-corrected chi connectivity index (χ3v) is 16.0. The Kier molecular flexibility index (Phi) is 14.6. The fourth-order valence-corrected chi connectivity index (χ4v) is 12.2. The number of anilines is 2. The summed E-state index contributed by atoms with van der Waals surface area (Å²) in [6.45, 7) is 8.79. The van der Waals surface area contributed by atoms with Crippen LogP contribution in [0.1, 0.15) is 137 Å². The van der Waals surface area contributed by atoms with Gasteiger partial charge in [0.25, 0.3) is 0 Å². The van der Waals surface area contributed by atoms with Crippen LogP contribution in [0.4, 0.5) is 38.5 Å². The van der Waals surface area contributed by atoms with E-state index in [0.717, 1.165) is 0 Å². The molecule has 402 valence electrons. The molecule has 76 heavy (non-hydrogen) atoms. The number of aromatic nitrogens is 4. The molecule has 0 saturated carbocycles. The highest BCUT2D eigenvalue weighted by molar-refractivity contribution is 5.87. The van der Waals surface area contributed by atoms with Crippen molar-refractivity contribution in [2.75, 3.05) is 43.1 Å². The van der Waals surface area contributed by atoms with E-state index >= 15 is 17.6 Å². The van der Waals surface area contributed by atoms with Gasteiger partial charge in [0.2, 0.25) is 11.8 Å². The van der Waals surface area contributed by atoms with Gasteiger partial charge in [-0.2, -0.15) is 0 Å². The van der Waals surface area contributed by atoms with Crippen molar-refractivity contribution in [1.82, 2.24) is 40.4 Å². The number of piperidine rings is 1. The Morgan fingerprint density at radius 1 is 0.632 bits per heavy atom. The number of alkyl carbamates (subject to hydrolysis) is 1. The number of carbonyl (C=O) groups excluding carboxylic acids is 3. The summed E-state index contributed by atoms with van der Waals surface area (Å²) in [6, 6.07) is 13.8. The van der Waals surface area contributed by atoms with E-state index in [2.05, 4.69) is 32.7 Å². The molecule has 6 heterocycles. The van der Waals surface area contributed by atoms with Gasteiger partial charge in [0.15, 0.2) is 11.6 Å². The van der Waals surface area contributed by atoms with Crippen molar-refractivity contribution in [2.45, 2.75) is 121 Å². The number of rotatable bonds is 13. The van der Waals surface area contributed by atoms with Crippen molar-refractivity contribution in [3.8, 4) is 0 Å². The Bertz CT molecular complexity index is 3140. The first-order valence-electron chi connectivity index (χ1n) is 26.4. The minimum Gasteiger partial charge on any atom is -0.465 e. The van der Waals surface area contributed by atoms with E-state index in [0.29, 0.717) is 98.4 Å². The number of halogens is 4. The zero-order valence-corrected chi connectivity index (χ0v) is 43.2. The second-order valence-electron chi connectivity index (χ2n) is 21.4. The van der Waals surface area contributed by atoms with E-state index < -0.39 is 71.7 Å². The molecule has 5 N–H and O–H groups in total. The molecule has 4 saturated heterocycles. The SMILES string of the molecule is COC(=O)N[C@H](C(=O)N1CCC[C@H]1c1nc2cc([C@H]3CC[C@H](c4cc5nc([C@@H]6CCCN6C(=O)[C@@H](NC(=O)O)C(C)C)[nH]c5cc4F)N3c3cc(F)c(N4CCC(c5ccccc5)CC4)c(F)c3)c(F)cc2[nH]1)C(C)C. The number of H-pyrrole nitrogens is 2. The second kappa shape index (κ2) is 21.3. The fourth-order valence-electron chi connectivity index (χ4n) is 12.2. The van der Waals surface area contributed by atoms with E-state index in [-0.39, 0.29) is 64.9 Å². The molecule has 0 unspecified atom stereocenters. The number of ether oxygens (including phenoxy) is 1. The molecular weight excluding hydrogens is 985 g/mol. The molecular formula is C56H64F4N10O6. The number of amides is 4. The van der Waals surface area contributed by atoms with Gasteiger partial charge >= 0.3 is 12.2 Å². The van der Waals surface area contributed by atoms with Crippen LogP contribution in [0.25, 0.3) is 22.1 Å². The number of hydrogen-bond acceptors (Lipinski definition) is 9. The third-order valence-electron chi connectivity index (χ3n) is 16.0. The van der Waals surface area contributed by atoms with Crippen LogP contribution in [0.15, 0.2) is 66.7 Å². The lowest BCUT2D eigenvalue weighted by Gasteiger charge is -2.36. The lowest BCUT2D eigenvalue weighted by molar-refractivity contribution is -0.136. The number of fused-ring (bicyclic) bond motifs is 2. The van der Waals surface area contributed by atoms with Crippen LogP contribution in [0.3, 0.4) is 0 Å². The molecule has 4 amide bonds. The largest absolute Gasteiger partial charge is 0.465 e. The van der Waals surface area contributed by atoms with Crippen LogP contribution < -0.4 is 20.4 Å². The van der Waals surface area contributed by atoms with Gasteiger partial charge in [0.1, 0.15) is 41.1 Å².